The Morgan fingerprint density at radius 1 is 0.684 bits per heavy atom. The zero-order valence-electron chi connectivity index (χ0n) is 21.7. The molecule has 0 radical (unpaired) electrons. The molecule has 0 heterocycles. The van der Waals surface area contributed by atoms with Crippen molar-refractivity contribution in [1.29, 1.82) is 0 Å². The molecular formula is C30H33N3O5. The van der Waals surface area contributed by atoms with E-state index in [9.17, 15) is 24.3 Å². The Hall–Kier alpha value is -4.46. The zero-order valence-corrected chi connectivity index (χ0v) is 21.7. The summed E-state index contributed by atoms with van der Waals surface area (Å²) in [4.78, 5) is 50.5. The van der Waals surface area contributed by atoms with Crippen LogP contribution in [-0.2, 0) is 20.8 Å². The van der Waals surface area contributed by atoms with E-state index < -0.39 is 41.8 Å². The first-order chi connectivity index (χ1) is 18.2. The maximum absolute atomic E-state index is 13.3. The molecule has 3 aromatic carbocycles. The molecule has 3 aromatic rings. The third-order valence-corrected chi connectivity index (χ3v) is 6.13. The van der Waals surface area contributed by atoms with Crippen molar-refractivity contribution in [2.45, 2.75) is 45.3 Å². The predicted octanol–water partition coefficient (Wildman–Crippen LogP) is 3.42. The Morgan fingerprint density at radius 2 is 1.24 bits per heavy atom. The van der Waals surface area contributed by atoms with Crippen LogP contribution < -0.4 is 16.0 Å². The lowest BCUT2D eigenvalue weighted by Crippen LogP contribution is -2.57. The fourth-order valence-corrected chi connectivity index (χ4v) is 3.90. The minimum atomic E-state index is -1.19. The van der Waals surface area contributed by atoms with Gasteiger partial charge in [-0.3, -0.25) is 19.2 Å². The highest BCUT2D eigenvalue weighted by atomic mass is 16.4. The van der Waals surface area contributed by atoms with E-state index in [1.807, 2.05) is 72.8 Å². The average molecular weight is 516 g/mol. The largest absolute Gasteiger partial charge is 0.480 e. The average Bonchev–Trinajstić information content (AvgIpc) is 2.92. The third kappa shape index (κ3) is 7.77. The second-order valence-electron chi connectivity index (χ2n) is 9.46. The van der Waals surface area contributed by atoms with Crippen LogP contribution in [0.15, 0.2) is 84.9 Å². The van der Waals surface area contributed by atoms with Gasteiger partial charge in [0.05, 0.1) is 0 Å². The van der Waals surface area contributed by atoms with E-state index in [4.69, 9.17) is 0 Å². The number of hydrogen-bond acceptors (Lipinski definition) is 4. The number of carboxylic acids is 1. The number of carboxylic acid groups (broad SMARTS) is 1. The quantitative estimate of drug-likeness (QED) is 0.312. The molecule has 0 fully saturated rings. The van der Waals surface area contributed by atoms with Crippen LogP contribution >= 0.6 is 0 Å². The first-order valence-corrected chi connectivity index (χ1v) is 12.5. The van der Waals surface area contributed by atoms with Crippen molar-refractivity contribution in [3.05, 3.63) is 96.1 Å². The molecule has 8 heteroatoms. The number of hydrogen-bond donors (Lipinski definition) is 4. The summed E-state index contributed by atoms with van der Waals surface area (Å²) in [7, 11) is 0. The van der Waals surface area contributed by atoms with E-state index in [0.29, 0.717) is 5.56 Å². The molecule has 0 bridgehead atoms. The first kappa shape index (κ1) is 28.1. The summed E-state index contributed by atoms with van der Waals surface area (Å²) < 4.78 is 0. The molecule has 3 amide bonds. The van der Waals surface area contributed by atoms with Gasteiger partial charge in [0.25, 0.3) is 5.91 Å². The molecule has 0 saturated carbocycles. The Morgan fingerprint density at radius 3 is 1.79 bits per heavy atom. The van der Waals surface area contributed by atoms with Gasteiger partial charge >= 0.3 is 5.97 Å². The molecule has 0 saturated heterocycles. The zero-order chi connectivity index (χ0) is 27.7. The van der Waals surface area contributed by atoms with Gasteiger partial charge in [0, 0.05) is 12.0 Å². The van der Waals surface area contributed by atoms with E-state index in [1.165, 1.54) is 6.92 Å². The number of carbonyl (C=O) groups is 4. The topological polar surface area (TPSA) is 125 Å². The van der Waals surface area contributed by atoms with Crippen molar-refractivity contribution in [2.75, 3.05) is 0 Å². The van der Waals surface area contributed by atoms with Crippen molar-refractivity contribution < 1.29 is 24.3 Å². The van der Waals surface area contributed by atoms with Crippen LogP contribution in [0.25, 0.3) is 11.1 Å². The van der Waals surface area contributed by atoms with E-state index in [2.05, 4.69) is 16.0 Å². The van der Waals surface area contributed by atoms with Crippen molar-refractivity contribution in [3.8, 4) is 11.1 Å². The number of benzene rings is 3. The van der Waals surface area contributed by atoms with Gasteiger partial charge in [0.2, 0.25) is 11.8 Å². The SMILES string of the molecule is CC(NC(=O)C(Cc1ccccc1)NC(=O)C(NC(=O)c1ccc(-c2ccccc2)cc1)C(C)C)C(=O)O. The van der Waals surface area contributed by atoms with Crippen molar-refractivity contribution in [1.82, 2.24) is 16.0 Å². The minimum Gasteiger partial charge on any atom is -0.480 e. The molecule has 0 aromatic heterocycles. The lowest BCUT2D eigenvalue weighted by Gasteiger charge is -2.26. The second-order valence-corrected chi connectivity index (χ2v) is 9.46. The Balaban J connectivity index is 1.73. The van der Waals surface area contributed by atoms with Gasteiger partial charge in [-0.25, -0.2) is 0 Å². The highest BCUT2D eigenvalue weighted by Gasteiger charge is 2.30. The first-order valence-electron chi connectivity index (χ1n) is 12.5. The third-order valence-electron chi connectivity index (χ3n) is 6.13. The molecule has 3 unspecified atom stereocenters. The molecule has 0 spiro atoms. The normalized spacial score (nSPS) is 13.2. The molecule has 0 aliphatic carbocycles. The van der Waals surface area contributed by atoms with Gasteiger partial charge in [-0.15, -0.1) is 0 Å². The summed E-state index contributed by atoms with van der Waals surface area (Å²) in [6.07, 6.45) is 0.157. The van der Waals surface area contributed by atoms with Gasteiger partial charge in [-0.2, -0.15) is 0 Å². The molecule has 0 aliphatic heterocycles. The molecule has 0 aliphatic rings. The van der Waals surface area contributed by atoms with E-state index in [-0.39, 0.29) is 12.3 Å². The van der Waals surface area contributed by atoms with Crippen LogP contribution in [-0.4, -0.2) is 46.9 Å². The van der Waals surface area contributed by atoms with Crippen LogP contribution in [0.2, 0.25) is 0 Å². The van der Waals surface area contributed by atoms with Gasteiger partial charge in [-0.1, -0.05) is 86.6 Å². The monoisotopic (exact) mass is 515 g/mol. The summed E-state index contributed by atoms with van der Waals surface area (Å²) in [5, 5.41) is 17.1. The molecule has 3 rings (SSSR count). The van der Waals surface area contributed by atoms with Crippen LogP contribution in [0, 0.1) is 5.92 Å². The van der Waals surface area contributed by atoms with Gasteiger partial charge in [0.1, 0.15) is 18.1 Å². The predicted molar refractivity (Wildman–Crippen MR) is 145 cm³/mol. The summed E-state index contributed by atoms with van der Waals surface area (Å²) in [6, 6.07) is 22.9. The Bertz CT molecular complexity index is 1240. The maximum Gasteiger partial charge on any atom is 0.325 e. The lowest BCUT2D eigenvalue weighted by molar-refractivity contribution is -0.141. The molecule has 8 nitrogen and oxygen atoms in total. The summed E-state index contributed by atoms with van der Waals surface area (Å²) in [5.41, 5.74) is 3.18. The fourth-order valence-electron chi connectivity index (χ4n) is 3.90. The van der Waals surface area contributed by atoms with Gasteiger partial charge in [0.15, 0.2) is 0 Å². The highest BCUT2D eigenvalue weighted by molar-refractivity contribution is 5.99. The van der Waals surface area contributed by atoms with Crippen molar-refractivity contribution in [3.63, 3.8) is 0 Å². The summed E-state index contributed by atoms with van der Waals surface area (Å²) in [5.74, 6) is -3.03. The highest BCUT2D eigenvalue weighted by Crippen LogP contribution is 2.19. The number of nitrogens with one attached hydrogen (secondary N) is 3. The van der Waals surface area contributed by atoms with Crippen LogP contribution in [0.4, 0.5) is 0 Å². The number of amides is 3. The Kier molecular flexibility index (Phi) is 9.76. The maximum atomic E-state index is 13.3. The molecule has 3 atom stereocenters. The number of aliphatic carboxylic acids is 1. The summed E-state index contributed by atoms with van der Waals surface area (Å²) in [6.45, 7) is 4.94. The molecule has 38 heavy (non-hydrogen) atoms. The van der Waals surface area contributed by atoms with E-state index in [1.54, 1.807) is 26.0 Å². The standard InChI is InChI=1S/C30H33N3O5/c1-19(2)26(33-27(34)24-16-14-23(15-17-24)22-12-8-5-9-13-22)29(36)32-25(18-21-10-6-4-7-11-21)28(35)31-20(3)30(37)38/h4-17,19-20,25-26H,18H2,1-3H3,(H,31,35)(H,32,36)(H,33,34)(H,37,38). The van der Waals surface area contributed by atoms with Crippen molar-refractivity contribution >= 4 is 23.7 Å². The number of rotatable bonds is 11. The minimum absolute atomic E-state index is 0.157. The summed E-state index contributed by atoms with van der Waals surface area (Å²) >= 11 is 0. The Labute approximate surface area is 222 Å². The smallest absolute Gasteiger partial charge is 0.325 e. The lowest BCUT2D eigenvalue weighted by atomic mass is 10.00. The fraction of sp³-hybridized carbons (Fsp3) is 0.267. The molecule has 4 N–H and O–H groups in total. The van der Waals surface area contributed by atoms with Gasteiger partial charge < -0.3 is 21.1 Å². The number of carbonyl (C=O) groups excluding carboxylic acids is 3. The van der Waals surface area contributed by atoms with E-state index >= 15 is 0 Å². The van der Waals surface area contributed by atoms with Gasteiger partial charge in [-0.05, 0) is 41.7 Å². The van der Waals surface area contributed by atoms with Crippen LogP contribution in [0.1, 0.15) is 36.7 Å². The van der Waals surface area contributed by atoms with Crippen molar-refractivity contribution in [2.24, 2.45) is 5.92 Å². The molecular weight excluding hydrogens is 482 g/mol. The molecule has 198 valence electrons. The second kappa shape index (κ2) is 13.2. The van der Waals surface area contributed by atoms with Crippen LogP contribution in [0.3, 0.4) is 0 Å². The van der Waals surface area contributed by atoms with Crippen LogP contribution in [0.5, 0.6) is 0 Å². The van der Waals surface area contributed by atoms with E-state index in [0.717, 1.165) is 16.7 Å².